The summed E-state index contributed by atoms with van der Waals surface area (Å²) in [4.78, 5) is 19.4. The highest BCUT2D eigenvalue weighted by Gasteiger charge is 2.34. The van der Waals surface area contributed by atoms with E-state index in [2.05, 4.69) is 31.3 Å². The molecule has 0 spiro atoms. The summed E-state index contributed by atoms with van der Waals surface area (Å²) in [5, 5.41) is 3.10. The molecule has 2 heterocycles. The molecule has 3 rings (SSSR count). The Bertz CT molecular complexity index is 735. The number of benzene rings is 1. The van der Waals surface area contributed by atoms with Crippen LogP contribution in [0, 0.1) is 0 Å². The lowest BCUT2D eigenvalue weighted by atomic mass is 10.0. The molecule has 1 atom stereocenters. The first-order valence-corrected chi connectivity index (χ1v) is 9.62. The molecule has 1 fully saturated rings. The average Bonchev–Trinajstić information content (AvgIpc) is 3.29. The first-order valence-electron chi connectivity index (χ1n) is 9.62. The van der Waals surface area contributed by atoms with E-state index in [1.165, 1.54) is 0 Å². The second-order valence-corrected chi connectivity index (χ2v) is 7.24. The van der Waals surface area contributed by atoms with Gasteiger partial charge in [-0.15, -0.1) is 24.8 Å². The summed E-state index contributed by atoms with van der Waals surface area (Å²) in [6.07, 6.45) is 3.35. The minimum atomic E-state index is -0.0351. The monoisotopic (exact) mass is 427 g/mol. The molecular weight excluding hydrogens is 397 g/mol. The fourth-order valence-corrected chi connectivity index (χ4v) is 3.57. The zero-order valence-electron chi connectivity index (χ0n) is 16.8. The minimum absolute atomic E-state index is 0. The van der Waals surface area contributed by atoms with Gasteiger partial charge in [0.15, 0.2) is 0 Å². The molecule has 1 aliphatic heterocycles. The number of halogens is 2. The summed E-state index contributed by atoms with van der Waals surface area (Å²) in [7, 11) is 1.91. The molecule has 2 aromatic rings. The highest BCUT2D eigenvalue weighted by molar-refractivity contribution is 5.85. The van der Waals surface area contributed by atoms with E-state index in [-0.39, 0.29) is 42.7 Å². The van der Waals surface area contributed by atoms with Crippen LogP contribution in [0.1, 0.15) is 63.1 Å². The molecule has 7 heteroatoms. The predicted molar refractivity (Wildman–Crippen MR) is 117 cm³/mol. The van der Waals surface area contributed by atoms with Crippen LogP contribution in [0.4, 0.5) is 0 Å². The fourth-order valence-electron chi connectivity index (χ4n) is 3.57. The molecule has 0 radical (unpaired) electrons. The Kier molecular flexibility index (Phi) is 10.0. The number of nitrogens with zero attached hydrogens (tertiary/aromatic N) is 2. The summed E-state index contributed by atoms with van der Waals surface area (Å²) in [5.74, 6) is 2.04. The van der Waals surface area contributed by atoms with Crippen molar-refractivity contribution < 1.29 is 9.21 Å². The topological polar surface area (TPSA) is 58.4 Å². The zero-order chi connectivity index (χ0) is 18.5. The molecule has 1 N–H and O–H groups in total. The number of likely N-dealkylation sites (tertiary alicyclic amines) is 1. The Labute approximate surface area is 180 Å². The van der Waals surface area contributed by atoms with E-state index in [9.17, 15) is 4.79 Å². The number of aromatic nitrogens is 1. The zero-order valence-corrected chi connectivity index (χ0v) is 18.4. The fraction of sp³-hybridized carbons (Fsp3) is 0.524. The maximum atomic E-state index is 12.6. The number of rotatable bonds is 7. The SMILES string of the molecule is CNCCCC(=O)N1CCCC1c1nc(-c2ccccc2)c(C(C)C)o1.Cl.Cl. The van der Waals surface area contributed by atoms with Gasteiger partial charge in [0, 0.05) is 24.4 Å². The van der Waals surface area contributed by atoms with Gasteiger partial charge < -0.3 is 14.6 Å². The van der Waals surface area contributed by atoms with Crippen molar-refractivity contribution in [2.75, 3.05) is 20.1 Å². The highest BCUT2D eigenvalue weighted by Crippen LogP contribution is 2.37. The predicted octanol–water partition coefficient (Wildman–Crippen LogP) is 4.97. The number of carbonyl (C=O) groups excluding carboxylic acids is 1. The van der Waals surface area contributed by atoms with Crippen molar-refractivity contribution in [1.29, 1.82) is 0 Å². The third-order valence-electron chi connectivity index (χ3n) is 4.92. The first-order chi connectivity index (χ1) is 12.6. The van der Waals surface area contributed by atoms with Crippen molar-refractivity contribution >= 4 is 30.7 Å². The maximum Gasteiger partial charge on any atom is 0.223 e. The Morgan fingerprint density at radius 3 is 2.64 bits per heavy atom. The van der Waals surface area contributed by atoms with Gasteiger partial charge in [-0.25, -0.2) is 4.98 Å². The largest absolute Gasteiger partial charge is 0.442 e. The Morgan fingerprint density at radius 2 is 2.00 bits per heavy atom. The van der Waals surface area contributed by atoms with Gasteiger partial charge in [0.1, 0.15) is 17.5 Å². The number of amides is 1. The summed E-state index contributed by atoms with van der Waals surface area (Å²) >= 11 is 0. The van der Waals surface area contributed by atoms with Crippen LogP contribution in [0.15, 0.2) is 34.7 Å². The molecular formula is C21H31Cl2N3O2. The second kappa shape index (κ2) is 11.4. The van der Waals surface area contributed by atoms with Crippen molar-refractivity contribution in [2.45, 2.75) is 51.5 Å². The van der Waals surface area contributed by atoms with Gasteiger partial charge in [0.05, 0.1) is 0 Å². The van der Waals surface area contributed by atoms with E-state index in [1.54, 1.807) is 0 Å². The molecule has 1 aliphatic rings. The summed E-state index contributed by atoms with van der Waals surface area (Å²) in [6.45, 7) is 5.89. The molecule has 1 unspecified atom stereocenters. The second-order valence-electron chi connectivity index (χ2n) is 7.24. The molecule has 1 amide bonds. The van der Waals surface area contributed by atoms with Crippen molar-refractivity contribution in [1.82, 2.24) is 15.2 Å². The third-order valence-corrected chi connectivity index (χ3v) is 4.92. The van der Waals surface area contributed by atoms with Gasteiger partial charge in [0.2, 0.25) is 11.8 Å². The maximum absolute atomic E-state index is 12.6. The van der Waals surface area contributed by atoms with Gasteiger partial charge >= 0.3 is 0 Å². The first kappa shape index (κ1) is 24.5. The van der Waals surface area contributed by atoms with E-state index in [4.69, 9.17) is 9.40 Å². The quantitative estimate of drug-likeness (QED) is 0.633. The smallest absolute Gasteiger partial charge is 0.223 e. The van der Waals surface area contributed by atoms with E-state index in [0.29, 0.717) is 12.3 Å². The Balaban J connectivity index is 0.00000196. The van der Waals surface area contributed by atoms with E-state index in [1.807, 2.05) is 30.1 Å². The minimum Gasteiger partial charge on any atom is -0.442 e. The summed E-state index contributed by atoms with van der Waals surface area (Å²) in [5.41, 5.74) is 1.97. The van der Waals surface area contributed by atoms with Crippen LogP contribution in [0.3, 0.4) is 0 Å². The summed E-state index contributed by atoms with van der Waals surface area (Å²) < 4.78 is 6.20. The third kappa shape index (κ3) is 5.49. The Morgan fingerprint density at radius 1 is 1.29 bits per heavy atom. The van der Waals surface area contributed by atoms with E-state index >= 15 is 0 Å². The van der Waals surface area contributed by atoms with Crippen LogP contribution in [0.2, 0.25) is 0 Å². The summed E-state index contributed by atoms with van der Waals surface area (Å²) in [6, 6.07) is 10.1. The van der Waals surface area contributed by atoms with Crippen molar-refractivity contribution in [3.8, 4) is 11.3 Å². The van der Waals surface area contributed by atoms with Crippen LogP contribution in [0.25, 0.3) is 11.3 Å². The standard InChI is InChI=1S/C21H29N3O2.2ClH/c1-15(2)20-19(16-9-5-4-6-10-16)23-21(26-20)17-11-8-14-24(17)18(25)12-7-13-22-3;;/h4-6,9-10,15,17,22H,7-8,11-14H2,1-3H3;2*1H. The number of nitrogens with one attached hydrogen (secondary N) is 1. The normalized spacial score (nSPS) is 16.0. The number of hydrogen-bond donors (Lipinski definition) is 1. The molecule has 28 heavy (non-hydrogen) atoms. The van der Waals surface area contributed by atoms with Crippen LogP contribution in [0.5, 0.6) is 0 Å². The molecule has 0 aliphatic carbocycles. The molecule has 0 bridgehead atoms. The molecule has 1 saturated heterocycles. The van der Waals surface area contributed by atoms with Crippen LogP contribution in [-0.2, 0) is 4.79 Å². The molecule has 156 valence electrons. The lowest BCUT2D eigenvalue weighted by molar-refractivity contribution is -0.132. The van der Waals surface area contributed by atoms with E-state index < -0.39 is 0 Å². The number of oxazole rings is 1. The van der Waals surface area contributed by atoms with Gasteiger partial charge in [0.25, 0.3) is 0 Å². The molecule has 5 nitrogen and oxygen atoms in total. The van der Waals surface area contributed by atoms with Crippen molar-refractivity contribution in [3.63, 3.8) is 0 Å². The number of hydrogen-bond acceptors (Lipinski definition) is 4. The highest BCUT2D eigenvalue weighted by atomic mass is 35.5. The lowest BCUT2D eigenvalue weighted by Gasteiger charge is -2.22. The lowest BCUT2D eigenvalue weighted by Crippen LogP contribution is -2.31. The van der Waals surface area contributed by atoms with Gasteiger partial charge in [-0.05, 0) is 32.9 Å². The average molecular weight is 428 g/mol. The molecule has 1 aromatic heterocycles. The molecule has 1 aromatic carbocycles. The van der Waals surface area contributed by atoms with Gasteiger partial charge in [-0.2, -0.15) is 0 Å². The van der Waals surface area contributed by atoms with Crippen molar-refractivity contribution in [2.24, 2.45) is 0 Å². The van der Waals surface area contributed by atoms with Crippen LogP contribution in [-0.4, -0.2) is 35.9 Å². The van der Waals surface area contributed by atoms with Gasteiger partial charge in [-0.1, -0.05) is 44.2 Å². The molecule has 0 saturated carbocycles. The van der Waals surface area contributed by atoms with Crippen LogP contribution < -0.4 is 5.32 Å². The Hall–Kier alpha value is -1.56. The van der Waals surface area contributed by atoms with Crippen molar-refractivity contribution in [3.05, 3.63) is 42.0 Å². The number of carbonyl (C=O) groups is 1. The van der Waals surface area contributed by atoms with Gasteiger partial charge in [-0.3, -0.25) is 4.79 Å². The van der Waals surface area contributed by atoms with E-state index in [0.717, 1.165) is 49.4 Å². The van der Waals surface area contributed by atoms with Crippen LogP contribution >= 0.6 is 24.8 Å².